The molecule has 1 aliphatic heterocycles. The number of hydrogen-bond donors (Lipinski definition) is 4. The summed E-state index contributed by atoms with van der Waals surface area (Å²) in [5.74, 6) is 2.09. The second kappa shape index (κ2) is 11.3. The lowest BCUT2D eigenvalue weighted by molar-refractivity contribution is 0.120. The van der Waals surface area contributed by atoms with Crippen molar-refractivity contribution in [2.75, 3.05) is 11.9 Å². The van der Waals surface area contributed by atoms with Crippen LogP contribution in [-0.2, 0) is 16.9 Å². The Morgan fingerprint density at radius 2 is 1.88 bits per heavy atom. The number of fused-ring (bicyclic) bond motifs is 1. The predicted octanol–water partition coefficient (Wildman–Crippen LogP) is 5.54. The zero-order valence-electron chi connectivity index (χ0n) is 23.1. The van der Waals surface area contributed by atoms with Crippen LogP contribution in [-0.4, -0.2) is 37.3 Å². The molecule has 10 nitrogen and oxygen atoms in total. The number of carbonyl (C=O) groups excluding carboxylic acids is 1. The van der Waals surface area contributed by atoms with Gasteiger partial charge in [0.25, 0.3) is 0 Å². The van der Waals surface area contributed by atoms with Gasteiger partial charge in [0.2, 0.25) is 5.95 Å². The molecule has 214 valence electrons. The molecule has 3 heterocycles. The minimum absolute atomic E-state index is 0.144. The first-order valence-electron chi connectivity index (χ1n) is 14.0. The molecule has 1 saturated heterocycles. The van der Waals surface area contributed by atoms with Crippen LogP contribution in [0.1, 0.15) is 57.1 Å². The van der Waals surface area contributed by atoms with E-state index in [0.717, 1.165) is 41.9 Å². The fourth-order valence-electron chi connectivity index (χ4n) is 5.72. The molecule has 4 N–H and O–H groups in total. The molecule has 1 amide bonds. The quantitative estimate of drug-likeness (QED) is 0.216. The third kappa shape index (κ3) is 5.59. The minimum atomic E-state index is -0.803. The number of rotatable bonds is 8. The maximum absolute atomic E-state index is 11.8. The molecular formula is C30H34ClN7O3. The summed E-state index contributed by atoms with van der Waals surface area (Å²) in [5.41, 5.74) is 5.44. The van der Waals surface area contributed by atoms with E-state index in [0.29, 0.717) is 34.1 Å². The molecule has 2 aromatic heterocycles. The highest BCUT2D eigenvalue weighted by Crippen LogP contribution is 2.36. The topological polar surface area (TPSA) is 126 Å². The van der Waals surface area contributed by atoms with Crippen LogP contribution in [0.25, 0.3) is 22.4 Å². The van der Waals surface area contributed by atoms with Crippen molar-refractivity contribution in [3.8, 4) is 11.3 Å². The Morgan fingerprint density at radius 3 is 2.56 bits per heavy atom. The molecule has 41 heavy (non-hydrogen) atoms. The van der Waals surface area contributed by atoms with Crippen molar-refractivity contribution in [2.45, 2.75) is 57.8 Å². The van der Waals surface area contributed by atoms with E-state index in [2.05, 4.69) is 27.6 Å². The van der Waals surface area contributed by atoms with E-state index in [1.165, 1.54) is 12.8 Å². The molecule has 4 aromatic rings. The molecule has 2 atom stereocenters. The zero-order chi connectivity index (χ0) is 28.6. The first-order valence-corrected chi connectivity index (χ1v) is 14.4. The average Bonchev–Trinajstić information content (AvgIpc) is 3.57. The van der Waals surface area contributed by atoms with Gasteiger partial charge in [-0.25, -0.2) is 14.8 Å². The number of amides is 1. The number of benzene rings is 2. The summed E-state index contributed by atoms with van der Waals surface area (Å²) in [4.78, 5) is 31.4. The summed E-state index contributed by atoms with van der Waals surface area (Å²) in [6, 6.07) is 17.3. The summed E-state index contributed by atoms with van der Waals surface area (Å²) in [6.07, 6.45) is 3.27. The van der Waals surface area contributed by atoms with Gasteiger partial charge in [-0.3, -0.25) is 5.32 Å². The smallest absolute Gasteiger partial charge is 0.394 e. The second-order valence-electron chi connectivity index (χ2n) is 11.4. The Balaban J connectivity index is 1.53. The number of imidazole rings is 1. The Hall–Kier alpha value is -3.73. The number of aliphatic hydroxyl groups is 1. The molecule has 0 bridgehead atoms. The molecule has 11 heteroatoms. The van der Waals surface area contributed by atoms with Gasteiger partial charge in [0.05, 0.1) is 12.1 Å². The van der Waals surface area contributed by atoms with E-state index in [9.17, 15) is 9.90 Å². The van der Waals surface area contributed by atoms with E-state index in [1.807, 2.05) is 61.5 Å². The normalized spacial score (nSPS) is 22.2. The first-order chi connectivity index (χ1) is 19.8. The number of aromatic nitrogens is 4. The molecular weight excluding hydrogens is 542 g/mol. The van der Waals surface area contributed by atoms with Crippen LogP contribution >= 0.6 is 11.6 Å². The zero-order valence-corrected chi connectivity index (χ0v) is 23.9. The van der Waals surface area contributed by atoms with E-state index in [-0.39, 0.29) is 6.61 Å². The number of anilines is 1. The van der Waals surface area contributed by atoms with E-state index >= 15 is 0 Å². The largest absolute Gasteiger partial charge is 0.427 e. The lowest BCUT2D eigenvalue weighted by Crippen LogP contribution is -2.37. The standard InChI is InChI=1S/C30H34ClN7O3/c1-18-11-13-19(14-12-18)16-38-24-23(20-7-6-10-22(31)15-20)32-26(27-35-29(40)41-37-27)33-25(24)34-28(38)36-30(2,17-39)21-8-4-3-5-9-21/h3-10,15,18-19,27,37,39H,11-14,16-17H2,1-2H3,(H,35,40)(H,32,33,34,36)/t18?,19?,27?,30-/m0/s1. The first kappa shape index (κ1) is 27.4. The predicted molar refractivity (Wildman–Crippen MR) is 157 cm³/mol. The van der Waals surface area contributed by atoms with Crippen LogP contribution in [0, 0.1) is 11.8 Å². The van der Waals surface area contributed by atoms with Crippen LogP contribution < -0.4 is 16.1 Å². The molecule has 6 rings (SSSR count). The summed E-state index contributed by atoms with van der Waals surface area (Å²) in [6.45, 7) is 4.85. The van der Waals surface area contributed by atoms with Crippen molar-refractivity contribution in [3.63, 3.8) is 0 Å². The SMILES string of the molecule is CC1CCC(Cn2c(N[C@@](C)(CO)c3ccccc3)nc3nc(C4NOC(=O)N4)nc(-c4cccc(Cl)c4)c32)CC1. The number of aliphatic hydroxyl groups excluding tert-OH is 1. The van der Waals surface area contributed by atoms with E-state index in [1.54, 1.807) is 0 Å². The van der Waals surface area contributed by atoms with Crippen LogP contribution in [0.5, 0.6) is 0 Å². The number of hydroxylamine groups is 1. The van der Waals surface area contributed by atoms with Gasteiger partial charge in [0.1, 0.15) is 11.2 Å². The van der Waals surface area contributed by atoms with Gasteiger partial charge < -0.3 is 19.8 Å². The number of halogens is 1. The van der Waals surface area contributed by atoms with Crippen molar-refractivity contribution in [3.05, 3.63) is 71.0 Å². The van der Waals surface area contributed by atoms with Gasteiger partial charge in [-0.1, -0.05) is 73.8 Å². The van der Waals surface area contributed by atoms with Crippen LogP contribution in [0.4, 0.5) is 10.7 Å². The van der Waals surface area contributed by atoms with Crippen LogP contribution in [0.2, 0.25) is 5.02 Å². The molecule has 2 fully saturated rings. The molecule has 0 spiro atoms. The van der Waals surface area contributed by atoms with Crippen molar-refractivity contribution >= 4 is 34.8 Å². The van der Waals surface area contributed by atoms with Gasteiger partial charge in [-0.05, 0) is 49.3 Å². The number of hydrogen-bond acceptors (Lipinski definition) is 8. The Kier molecular flexibility index (Phi) is 7.54. The molecule has 1 aliphatic carbocycles. The van der Waals surface area contributed by atoms with E-state index in [4.69, 9.17) is 31.4 Å². The fourth-order valence-corrected chi connectivity index (χ4v) is 5.91. The van der Waals surface area contributed by atoms with Crippen molar-refractivity contribution in [2.24, 2.45) is 11.8 Å². The molecule has 2 aromatic carbocycles. The van der Waals surface area contributed by atoms with Gasteiger partial charge in [-0.15, -0.1) is 5.48 Å². The monoisotopic (exact) mass is 575 g/mol. The van der Waals surface area contributed by atoms with Crippen molar-refractivity contribution in [1.82, 2.24) is 30.3 Å². The van der Waals surface area contributed by atoms with Gasteiger partial charge in [-0.2, -0.15) is 4.98 Å². The number of carbonyl (C=O) groups is 1. The van der Waals surface area contributed by atoms with Gasteiger partial charge in [0.15, 0.2) is 17.6 Å². The molecule has 0 radical (unpaired) electrons. The third-order valence-electron chi connectivity index (χ3n) is 8.20. The maximum Gasteiger partial charge on any atom is 0.427 e. The second-order valence-corrected chi connectivity index (χ2v) is 11.8. The summed E-state index contributed by atoms with van der Waals surface area (Å²) >= 11 is 6.42. The molecule has 1 unspecified atom stereocenters. The average molecular weight is 576 g/mol. The summed E-state index contributed by atoms with van der Waals surface area (Å²) in [5, 5.41) is 17.4. The lowest BCUT2D eigenvalue weighted by atomic mass is 9.83. The Morgan fingerprint density at radius 1 is 1.10 bits per heavy atom. The van der Waals surface area contributed by atoms with Gasteiger partial charge in [0, 0.05) is 17.1 Å². The highest BCUT2D eigenvalue weighted by molar-refractivity contribution is 6.30. The van der Waals surface area contributed by atoms with E-state index < -0.39 is 17.8 Å². The Bertz CT molecular complexity index is 1550. The minimum Gasteiger partial charge on any atom is -0.394 e. The number of nitrogens with one attached hydrogen (secondary N) is 3. The summed E-state index contributed by atoms with van der Waals surface area (Å²) < 4.78 is 2.16. The van der Waals surface area contributed by atoms with Crippen LogP contribution in [0.3, 0.4) is 0 Å². The molecule has 1 saturated carbocycles. The van der Waals surface area contributed by atoms with Crippen molar-refractivity contribution in [1.29, 1.82) is 0 Å². The van der Waals surface area contributed by atoms with Crippen molar-refractivity contribution < 1.29 is 14.7 Å². The lowest BCUT2D eigenvalue weighted by Gasteiger charge is -2.31. The third-order valence-corrected chi connectivity index (χ3v) is 8.43. The van der Waals surface area contributed by atoms with Crippen LogP contribution in [0.15, 0.2) is 54.6 Å². The van der Waals surface area contributed by atoms with Gasteiger partial charge >= 0.3 is 6.09 Å². The summed E-state index contributed by atoms with van der Waals surface area (Å²) in [7, 11) is 0. The Labute approximate surface area is 243 Å². The fraction of sp³-hybridized carbons (Fsp3) is 0.400. The molecule has 2 aliphatic rings. The number of nitrogens with zero attached hydrogens (tertiary/aromatic N) is 4. The maximum atomic E-state index is 11.8. The highest BCUT2D eigenvalue weighted by atomic mass is 35.5. The highest BCUT2D eigenvalue weighted by Gasteiger charge is 2.32.